The Balaban J connectivity index is 1.87. The molecule has 0 radical (unpaired) electrons. The molecule has 1 fully saturated rings. The van der Waals surface area contributed by atoms with Crippen molar-refractivity contribution in [1.29, 1.82) is 0 Å². The van der Waals surface area contributed by atoms with Crippen molar-refractivity contribution >= 4 is 33.5 Å². The molecule has 1 aliphatic rings. The van der Waals surface area contributed by atoms with Crippen LogP contribution < -0.4 is 5.56 Å². The number of hydrogen-bond acceptors (Lipinski definition) is 7. The molecule has 2 heterocycles. The number of esters is 2. The topological polar surface area (TPSA) is 87.5 Å². The molecule has 3 rings (SSSR count). The van der Waals surface area contributed by atoms with Crippen LogP contribution in [0.1, 0.15) is 70.3 Å². The molecule has 0 aromatic carbocycles. The first-order valence-corrected chi connectivity index (χ1v) is 11.5. The van der Waals surface area contributed by atoms with Gasteiger partial charge >= 0.3 is 11.9 Å². The second-order valence-corrected chi connectivity index (χ2v) is 9.34. The highest BCUT2D eigenvalue weighted by molar-refractivity contribution is 7.17. The molecule has 1 saturated carbocycles. The van der Waals surface area contributed by atoms with Crippen LogP contribution in [-0.2, 0) is 14.3 Å². The number of carbonyl (C=O) groups is 2. The van der Waals surface area contributed by atoms with Gasteiger partial charge in [0.15, 0.2) is 0 Å². The first kappa shape index (κ1) is 22.5. The standard InChI is InChI=1S/C22H30N2O5S/c1-6-28-22(27)16-10-30-19-18(16)20(25)24(11-23-19)14(5)21(26)29-17-9-13(4)7-8-15(17)12(2)3/h10-15,17H,6-9H2,1-5H3. The maximum absolute atomic E-state index is 13.1. The van der Waals surface area contributed by atoms with Crippen molar-refractivity contribution in [3.05, 3.63) is 27.6 Å². The zero-order valence-electron chi connectivity index (χ0n) is 18.2. The lowest BCUT2D eigenvalue weighted by atomic mass is 9.75. The Morgan fingerprint density at radius 2 is 2.03 bits per heavy atom. The van der Waals surface area contributed by atoms with E-state index in [1.807, 2.05) is 0 Å². The van der Waals surface area contributed by atoms with Crippen molar-refractivity contribution in [2.75, 3.05) is 6.61 Å². The number of thiophene rings is 1. The van der Waals surface area contributed by atoms with Crippen LogP contribution in [0.5, 0.6) is 0 Å². The van der Waals surface area contributed by atoms with Gasteiger partial charge < -0.3 is 9.47 Å². The van der Waals surface area contributed by atoms with Gasteiger partial charge in [0.05, 0.1) is 23.9 Å². The maximum Gasteiger partial charge on any atom is 0.339 e. The number of carbonyl (C=O) groups excluding carboxylic acids is 2. The summed E-state index contributed by atoms with van der Waals surface area (Å²) in [5.74, 6) is 0.237. The molecular weight excluding hydrogens is 404 g/mol. The van der Waals surface area contributed by atoms with Crippen LogP contribution in [-0.4, -0.2) is 34.2 Å². The van der Waals surface area contributed by atoms with E-state index in [0.717, 1.165) is 19.3 Å². The predicted molar refractivity (Wildman–Crippen MR) is 116 cm³/mol. The summed E-state index contributed by atoms with van der Waals surface area (Å²) < 4.78 is 12.2. The van der Waals surface area contributed by atoms with Crippen LogP contribution in [0.15, 0.2) is 16.5 Å². The zero-order valence-corrected chi connectivity index (χ0v) is 19.0. The van der Waals surface area contributed by atoms with Gasteiger partial charge in [0.1, 0.15) is 17.0 Å². The summed E-state index contributed by atoms with van der Waals surface area (Å²) in [6.45, 7) is 10.0. The molecule has 4 unspecified atom stereocenters. The number of rotatable bonds is 6. The Bertz CT molecular complexity index is 980. The molecule has 8 heteroatoms. The molecule has 2 aromatic heterocycles. The van der Waals surface area contributed by atoms with Crippen LogP contribution in [0.25, 0.3) is 10.2 Å². The second kappa shape index (κ2) is 9.29. The van der Waals surface area contributed by atoms with Gasteiger partial charge in [-0.2, -0.15) is 0 Å². The van der Waals surface area contributed by atoms with Crippen LogP contribution in [0.4, 0.5) is 0 Å². The van der Waals surface area contributed by atoms with Crippen molar-refractivity contribution in [3.8, 4) is 0 Å². The van der Waals surface area contributed by atoms with Crippen molar-refractivity contribution in [2.45, 2.75) is 66.0 Å². The minimum atomic E-state index is -0.839. The van der Waals surface area contributed by atoms with Gasteiger partial charge in [-0.05, 0) is 44.4 Å². The number of hydrogen-bond donors (Lipinski definition) is 0. The first-order valence-electron chi connectivity index (χ1n) is 10.6. The van der Waals surface area contributed by atoms with E-state index in [4.69, 9.17) is 9.47 Å². The van der Waals surface area contributed by atoms with Gasteiger partial charge in [-0.3, -0.25) is 9.36 Å². The van der Waals surface area contributed by atoms with E-state index in [9.17, 15) is 14.4 Å². The van der Waals surface area contributed by atoms with Gasteiger partial charge in [0.25, 0.3) is 5.56 Å². The number of aromatic nitrogens is 2. The smallest absolute Gasteiger partial charge is 0.339 e. The number of nitrogens with zero attached hydrogens (tertiary/aromatic N) is 2. The highest BCUT2D eigenvalue weighted by Crippen LogP contribution is 2.36. The van der Waals surface area contributed by atoms with E-state index in [0.29, 0.717) is 22.6 Å². The minimum absolute atomic E-state index is 0.146. The molecule has 0 aliphatic heterocycles. The molecule has 0 bridgehead atoms. The van der Waals surface area contributed by atoms with Crippen LogP contribution in [0.3, 0.4) is 0 Å². The fourth-order valence-corrected chi connectivity index (χ4v) is 5.06. The third-order valence-electron chi connectivity index (χ3n) is 6.00. The van der Waals surface area contributed by atoms with Gasteiger partial charge in [-0.25, -0.2) is 14.6 Å². The van der Waals surface area contributed by atoms with E-state index >= 15 is 0 Å². The summed E-state index contributed by atoms with van der Waals surface area (Å²) in [6.07, 6.45) is 4.22. The first-order chi connectivity index (χ1) is 14.2. The van der Waals surface area contributed by atoms with Gasteiger partial charge in [-0.1, -0.05) is 27.2 Å². The summed E-state index contributed by atoms with van der Waals surface area (Å²) in [4.78, 5) is 43.0. The fraction of sp³-hybridized carbons (Fsp3) is 0.636. The van der Waals surface area contributed by atoms with Gasteiger partial charge in [0.2, 0.25) is 0 Å². The van der Waals surface area contributed by atoms with Crippen molar-refractivity contribution < 1.29 is 19.1 Å². The number of ether oxygens (including phenoxy) is 2. The van der Waals surface area contributed by atoms with Crippen LogP contribution >= 0.6 is 11.3 Å². The SMILES string of the molecule is CCOC(=O)c1csc2ncn(C(C)C(=O)OC3CC(C)CCC3C(C)C)c(=O)c12. The average molecular weight is 435 g/mol. The molecule has 0 spiro atoms. The Labute approximate surface area is 180 Å². The third-order valence-corrected chi connectivity index (χ3v) is 6.89. The summed E-state index contributed by atoms with van der Waals surface area (Å²) in [7, 11) is 0. The van der Waals surface area contributed by atoms with Crippen LogP contribution in [0, 0.1) is 17.8 Å². The summed E-state index contributed by atoms with van der Waals surface area (Å²) in [5, 5.41) is 1.76. The lowest BCUT2D eigenvalue weighted by molar-refractivity contribution is -0.159. The van der Waals surface area contributed by atoms with E-state index in [-0.39, 0.29) is 23.7 Å². The molecule has 7 nitrogen and oxygen atoms in total. The van der Waals surface area contributed by atoms with Crippen molar-refractivity contribution in [1.82, 2.24) is 9.55 Å². The van der Waals surface area contributed by atoms with E-state index in [1.54, 1.807) is 19.2 Å². The second-order valence-electron chi connectivity index (χ2n) is 8.48. The maximum atomic E-state index is 13.1. The lowest BCUT2D eigenvalue weighted by Crippen LogP contribution is -2.38. The van der Waals surface area contributed by atoms with Gasteiger partial charge in [-0.15, -0.1) is 11.3 Å². The summed E-state index contributed by atoms with van der Waals surface area (Å²) in [6, 6.07) is -0.839. The molecule has 164 valence electrons. The molecular formula is C22H30N2O5S. The monoisotopic (exact) mass is 434 g/mol. The molecule has 0 saturated heterocycles. The third kappa shape index (κ3) is 4.43. The van der Waals surface area contributed by atoms with Crippen molar-refractivity contribution in [3.63, 3.8) is 0 Å². The van der Waals surface area contributed by atoms with E-state index < -0.39 is 23.5 Å². The molecule has 0 amide bonds. The average Bonchev–Trinajstić information content (AvgIpc) is 3.13. The molecule has 4 atom stereocenters. The minimum Gasteiger partial charge on any atom is -0.462 e. The van der Waals surface area contributed by atoms with Gasteiger partial charge in [0, 0.05) is 5.38 Å². The quantitative estimate of drug-likeness (QED) is 0.633. The fourth-order valence-electron chi connectivity index (χ4n) is 4.19. The normalized spacial score (nSPS) is 22.8. The highest BCUT2D eigenvalue weighted by Gasteiger charge is 2.35. The highest BCUT2D eigenvalue weighted by atomic mass is 32.1. The predicted octanol–water partition coefficient (Wildman–Crippen LogP) is 4.20. The Kier molecular flexibility index (Phi) is 6.95. The largest absolute Gasteiger partial charge is 0.462 e. The Morgan fingerprint density at radius 3 is 2.70 bits per heavy atom. The summed E-state index contributed by atoms with van der Waals surface area (Å²) in [5.41, 5.74) is -0.253. The molecule has 1 aliphatic carbocycles. The van der Waals surface area contributed by atoms with Crippen LogP contribution in [0.2, 0.25) is 0 Å². The molecule has 2 aromatic rings. The Hall–Kier alpha value is -2.22. The lowest BCUT2D eigenvalue weighted by Gasteiger charge is -2.37. The van der Waals surface area contributed by atoms with Crippen molar-refractivity contribution in [2.24, 2.45) is 17.8 Å². The molecule has 30 heavy (non-hydrogen) atoms. The Morgan fingerprint density at radius 1 is 1.30 bits per heavy atom. The van der Waals surface area contributed by atoms with E-state index in [2.05, 4.69) is 25.8 Å². The van der Waals surface area contributed by atoms with E-state index in [1.165, 1.54) is 22.2 Å². The molecule has 0 N–H and O–H groups in total. The number of fused-ring (bicyclic) bond motifs is 1. The summed E-state index contributed by atoms with van der Waals surface area (Å²) >= 11 is 1.20. The zero-order chi connectivity index (χ0) is 22.0.